The lowest BCUT2D eigenvalue weighted by atomic mass is 10.0. The summed E-state index contributed by atoms with van der Waals surface area (Å²) in [5, 5.41) is 4.24. The zero-order chi connectivity index (χ0) is 33.0. The molecular formula is C45H27N3O2. The Kier molecular flexibility index (Phi) is 6.42. The van der Waals surface area contributed by atoms with E-state index in [9.17, 15) is 0 Å². The molecule has 50 heavy (non-hydrogen) atoms. The van der Waals surface area contributed by atoms with Crippen LogP contribution in [-0.4, -0.2) is 15.0 Å². The van der Waals surface area contributed by atoms with Crippen molar-refractivity contribution in [2.45, 2.75) is 0 Å². The summed E-state index contributed by atoms with van der Waals surface area (Å²) in [6.45, 7) is 0. The van der Waals surface area contributed by atoms with Crippen LogP contribution in [0.4, 0.5) is 0 Å². The molecule has 0 N–H and O–H groups in total. The molecule has 0 fully saturated rings. The second-order valence-corrected chi connectivity index (χ2v) is 12.5. The number of furan rings is 2. The lowest BCUT2D eigenvalue weighted by Gasteiger charge is -2.08. The van der Waals surface area contributed by atoms with Gasteiger partial charge in [-0.25, -0.2) is 15.0 Å². The standard InChI is InChI=1S/C45H27N3O2/c1-4-10-28(11-5-1)31-16-20-35-37-22-18-33(26-41(37)49-39(35)24-31)44-46-43(30-14-8-3-9-15-30)47-45(48-44)34-19-23-38-36-21-17-32(29-12-6-2-7-13-29)25-40(36)50-42(38)27-34/h1-27H. The highest BCUT2D eigenvalue weighted by molar-refractivity contribution is 6.08. The van der Waals surface area contributed by atoms with Crippen molar-refractivity contribution >= 4 is 43.9 Å². The molecular weight excluding hydrogens is 615 g/mol. The average molecular weight is 642 g/mol. The maximum atomic E-state index is 6.44. The Morgan fingerprint density at radius 1 is 0.260 bits per heavy atom. The molecule has 0 aliphatic rings. The quantitative estimate of drug-likeness (QED) is 0.187. The molecule has 5 nitrogen and oxygen atoms in total. The molecule has 0 amide bonds. The topological polar surface area (TPSA) is 65.0 Å². The first-order chi connectivity index (χ1) is 24.7. The Labute approximate surface area is 287 Å². The van der Waals surface area contributed by atoms with E-state index >= 15 is 0 Å². The summed E-state index contributed by atoms with van der Waals surface area (Å²) in [4.78, 5) is 14.9. The van der Waals surface area contributed by atoms with Crippen LogP contribution in [0.3, 0.4) is 0 Å². The summed E-state index contributed by atoms with van der Waals surface area (Å²) >= 11 is 0. The largest absolute Gasteiger partial charge is 0.456 e. The molecule has 10 aromatic rings. The lowest BCUT2D eigenvalue weighted by Crippen LogP contribution is -2.00. The number of aromatic nitrogens is 3. The van der Waals surface area contributed by atoms with Crippen LogP contribution in [0.5, 0.6) is 0 Å². The summed E-state index contributed by atoms with van der Waals surface area (Å²) in [7, 11) is 0. The van der Waals surface area contributed by atoms with Crippen molar-refractivity contribution in [2.24, 2.45) is 0 Å². The van der Waals surface area contributed by atoms with E-state index in [4.69, 9.17) is 23.8 Å². The predicted octanol–water partition coefficient (Wildman–Crippen LogP) is 12.0. The number of hydrogen-bond donors (Lipinski definition) is 0. The molecule has 0 spiro atoms. The molecule has 0 saturated carbocycles. The first-order valence-corrected chi connectivity index (χ1v) is 16.6. The maximum absolute atomic E-state index is 6.44. The van der Waals surface area contributed by atoms with Crippen LogP contribution in [0.15, 0.2) is 173 Å². The number of fused-ring (bicyclic) bond motifs is 6. The number of hydrogen-bond acceptors (Lipinski definition) is 5. The van der Waals surface area contributed by atoms with Gasteiger partial charge in [-0.1, -0.05) is 115 Å². The zero-order valence-electron chi connectivity index (χ0n) is 26.7. The zero-order valence-corrected chi connectivity index (χ0v) is 26.7. The molecule has 0 radical (unpaired) electrons. The lowest BCUT2D eigenvalue weighted by molar-refractivity contribution is 0.669. The van der Waals surface area contributed by atoms with Crippen molar-refractivity contribution in [2.75, 3.05) is 0 Å². The van der Waals surface area contributed by atoms with E-state index in [0.717, 1.165) is 82.8 Å². The molecule has 0 aliphatic carbocycles. The van der Waals surface area contributed by atoms with Crippen LogP contribution in [0.2, 0.25) is 0 Å². The van der Waals surface area contributed by atoms with Crippen molar-refractivity contribution in [3.63, 3.8) is 0 Å². The average Bonchev–Trinajstić information content (AvgIpc) is 3.75. The molecule has 3 heterocycles. The van der Waals surface area contributed by atoms with Gasteiger partial charge in [-0.3, -0.25) is 0 Å². The third kappa shape index (κ3) is 4.83. The first kappa shape index (κ1) is 28.2. The normalized spacial score (nSPS) is 11.6. The van der Waals surface area contributed by atoms with Gasteiger partial charge in [0.05, 0.1) is 0 Å². The summed E-state index contributed by atoms with van der Waals surface area (Å²) in [5.41, 5.74) is 10.4. The van der Waals surface area contributed by atoms with E-state index in [1.165, 1.54) is 0 Å². The van der Waals surface area contributed by atoms with Crippen LogP contribution in [0.1, 0.15) is 0 Å². The van der Waals surface area contributed by atoms with Crippen molar-refractivity contribution < 1.29 is 8.83 Å². The second-order valence-electron chi connectivity index (χ2n) is 12.5. The molecule has 234 valence electrons. The maximum Gasteiger partial charge on any atom is 0.164 e. The fraction of sp³-hybridized carbons (Fsp3) is 0. The molecule has 0 aliphatic heterocycles. The van der Waals surface area contributed by atoms with Crippen LogP contribution in [0, 0.1) is 0 Å². The fourth-order valence-corrected chi connectivity index (χ4v) is 6.80. The van der Waals surface area contributed by atoms with E-state index < -0.39 is 0 Å². The SMILES string of the molecule is c1ccc(-c2ccc3c(c2)oc2cc(-c4nc(-c5ccccc5)nc(-c5ccc6c(c5)oc5cc(-c7ccccc7)ccc56)n4)ccc23)cc1. The Hall–Kier alpha value is -6.85. The molecule has 0 bridgehead atoms. The molecule has 5 heteroatoms. The van der Waals surface area contributed by atoms with Gasteiger partial charge >= 0.3 is 0 Å². The molecule has 10 rings (SSSR count). The monoisotopic (exact) mass is 641 g/mol. The predicted molar refractivity (Wildman–Crippen MR) is 202 cm³/mol. The fourth-order valence-electron chi connectivity index (χ4n) is 6.80. The Morgan fingerprint density at radius 2 is 0.560 bits per heavy atom. The van der Waals surface area contributed by atoms with Gasteiger partial charge < -0.3 is 8.83 Å². The highest BCUT2D eigenvalue weighted by Gasteiger charge is 2.17. The smallest absolute Gasteiger partial charge is 0.164 e. The third-order valence-corrected chi connectivity index (χ3v) is 9.34. The highest BCUT2D eigenvalue weighted by Crippen LogP contribution is 2.37. The minimum absolute atomic E-state index is 0.568. The van der Waals surface area contributed by atoms with Crippen molar-refractivity contribution in [1.82, 2.24) is 15.0 Å². The minimum Gasteiger partial charge on any atom is -0.456 e. The molecule has 7 aromatic carbocycles. The van der Waals surface area contributed by atoms with Gasteiger partial charge in [0.1, 0.15) is 22.3 Å². The summed E-state index contributed by atoms with van der Waals surface area (Å²) in [5.74, 6) is 1.73. The van der Waals surface area contributed by atoms with E-state index in [0.29, 0.717) is 17.5 Å². The first-order valence-electron chi connectivity index (χ1n) is 16.6. The van der Waals surface area contributed by atoms with Crippen molar-refractivity contribution in [1.29, 1.82) is 0 Å². The van der Waals surface area contributed by atoms with E-state index in [1.807, 2.05) is 78.9 Å². The molecule has 0 unspecified atom stereocenters. The van der Waals surface area contributed by atoms with Crippen molar-refractivity contribution in [3.8, 4) is 56.4 Å². The summed E-state index contributed by atoms with van der Waals surface area (Å²) in [6, 6.07) is 55.8. The van der Waals surface area contributed by atoms with Crippen LogP contribution >= 0.6 is 0 Å². The summed E-state index contributed by atoms with van der Waals surface area (Å²) in [6.07, 6.45) is 0. The molecule has 3 aromatic heterocycles. The highest BCUT2D eigenvalue weighted by atomic mass is 16.3. The van der Waals surface area contributed by atoms with Gasteiger partial charge in [0, 0.05) is 38.2 Å². The van der Waals surface area contributed by atoms with Gasteiger partial charge in [-0.15, -0.1) is 0 Å². The Balaban J connectivity index is 1.08. The van der Waals surface area contributed by atoms with Crippen LogP contribution in [0.25, 0.3) is 100 Å². The number of rotatable bonds is 5. The molecule has 0 saturated heterocycles. The van der Waals surface area contributed by atoms with Gasteiger partial charge in [0.25, 0.3) is 0 Å². The van der Waals surface area contributed by atoms with E-state index in [1.54, 1.807) is 0 Å². The van der Waals surface area contributed by atoms with E-state index in [2.05, 4.69) is 84.9 Å². The van der Waals surface area contributed by atoms with Gasteiger partial charge in [0.2, 0.25) is 0 Å². The van der Waals surface area contributed by atoms with Crippen molar-refractivity contribution in [3.05, 3.63) is 164 Å². The summed E-state index contributed by atoms with van der Waals surface area (Å²) < 4.78 is 12.9. The second kappa shape index (κ2) is 11.4. The number of benzene rings is 7. The van der Waals surface area contributed by atoms with Gasteiger partial charge in [0.15, 0.2) is 17.5 Å². The van der Waals surface area contributed by atoms with E-state index in [-0.39, 0.29) is 0 Å². The Bertz CT molecular complexity index is 2680. The third-order valence-electron chi connectivity index (χ3n) is 9.34. The minimum atomic E-state index is 0.568. The van der Waals surface area contributed by atoms with Gasteiger partial charge in [-0.2, -0.15) is 0 Å². The number of nitrogens with zero attached hydrogens (tertiary/aromatic N) is 3. The molecule has 0 atom stereocenters. The van der Waals surface area contributed by atoms with Crippen LogP contribution in [-0.2, 0) is 0 Å². The Morgan fingerprint density at radius 3 is 0.940 bits per heavy atom. The van der Waals surface area contributed by atoms with Gasteiger partial charge in [-0.05, 0) is 70.8 Å². The van der Waals surface area contributed by atoms with Crippen LogP contribution < -0.4 is 0 Å².